The van der Waals surface area contributed by atoms with E-state index < -0.39 is 12.1 Å². The van der Waals surface area contributed by atoms with Crippen molar-refractivity contribution < 1.29 is 32.7 Å². The number of rotatable bonds is 3. The van der Waals surface area contributed by atoms with Gasteiger partial charge in [0.05, 0.1) is 29.5 Å². The number of carbonyl (C=O) groups is 3. The summed E-state index contributed by atoms with van der Waals surface area (Å²) in [7, 11) is 0. The molecule has 4 rings (SSSR count). The van der Waals surface area contributed by atoms with E-state index in [4.69, 9.17) is 9.90 Å². The van der Waals surface area contributed by atoms with Crippen LogP contribution in [-0.2, 0) is 17.6 Å². The van der Waals surface area contributed by atoms with Crippen molar-refractivity contribution in [1.82, 2.24) is 24.8 Å². The van der Waals surface area contributed by atoms with Gasteiger partial charge in [0.1, 0.15) is 5.69 Å². The van der Waals surface area contributed by atoms with Gasteiger partial charge in [0.2, 0.25) is 0 Å². The molecule has 35 heavy (non-hydrogen) atoms. The number of halogens is 3. The Morgan fingerprint density at radius 2 is 1.83 bits per heavy atom. The molecule has 2 amide bonds. The number of nitrogens with zero attached hydrogens (tertiary/aromatic N) is 5. The summed E-state index contributed by atoms with van der Waals surface area (Å²) in [6, 6.07) is 3.54. The molecule has 0 bridgehead atoms. The van der Waals surface area contributed by atoms with Crippen LogP contribution in [0.4, 0.5) is 18.9 Å². The number of hydrogen-bond donors (Lipinski definition) is 2. The van der Waals surface area contributed by atoms with Crippen molar-refractivity contribution in [2.45, 2.75) is 25.9 Å². The lowest BCUT2D eigenvalue weighted by Gasteiger charge is -2.19. The van der Waals surface area contributed by atoms with Crippen LogP contribution >= 0.6 is 11.3 Å². The summed E-state index contributed by atoms with van der Waals surface area (Å²) in [5, 5.41) is 10.4. The van der Waals surface area contributed by atoms with Gasteiger partial charge in [-0.15, -0.1) is 11.3 Å². The van der Waals surface area contributed by atoms with Crippen molar-refractivity contribution in [2.75, 3.05) is 18.4 Å². The number of aryl methyl sites for hydroxylation is 1. The van der Waals surface area contributed by atoms with Gasteiger partial charge in [-0.3, -0.25) is 19.6 Å². The lowest BCUT2D eigenvalue weighted by molar-refractivity contribution is -0.192. The summed E-state index contributed by atoms with van der Waals surface area (Å²) in [4.78, 5) is 53.6. The number of aromatic nitrogens is 4. The largest absolute Gasteiger partial charge is 0.490 e. The Morgan fingerprint density at radius 1 is 1.11 bits per heavy atom. The van der Waals surface area contributed by atoms with Gasteiger partial charge in [-0.25, -0.2) is 14.8 Å². The molecule has 14 heteroatoms. The van der Waals surface area contributed by atoms with E-state index in [0.717, 1.165) is 16.3 Å². The van der Waals surface area contributed by atoms with E-state index in [-0.39, 0.29) is 11.8 Å². The average Bonchev–Trinajstić information content (AvgIpc) is 3.13. The van der Waals surface area contributed by atoms with Crippen LogP contribution in [0.1, 0.15) is 36.6 Å². The zero-order valence-electron chi connectivity index (χ0n) is 18.2. The van der Waals surface area contributed by atoms with Crippen LogP contribution < -0.4 is 5.32 Å². The molecule has 0 atom stereocenters. The van der Waals surface area contributed by atoms with Gasteiger partial charge < -0.3 is 15.3 Å². The fourth-order valence-electron chi connectivity index (χ4n) is 2.95. The smallest absolute Gasteiger partial charge is 0.475 e. The summed E-state index contributed by atoms with van der Waals surface area (Å²) >= 11 is 1.38. The lowest BCUT2D eigenvalue weighted by Crippen LogP contribution is -2.34. The molecule has 0 fully saturated rings. The van der Waals surface area contributed by atoms with Gasteiger partial charge in [0, 0.05) is 43.2 Å². The molecule has 1 aliphatic heterocycles. The Bertz CT molecular complexity index is 1180. The number of carbonyl (C=O) groups excluding carboxylic acids is 2. The SMILES string of the molecule is Cc1cnc(C(=O)N2CCc3nc(C(=O)Nc4cccnc4)sc3CC2)cn1.O=C(O)C(F)(F)F. The van der Waals surface area contributed by atoms with E-state index in [9.17, 15) is 22.8 Å². The second-order valence-electron chi connectivity index (χ2n) is 7.22. The van der Waals surface area contributed by atoms with Gasteiger partial charge in [-0.05, 0) is 19.1 Å². The Hall–Kier alpha value is -3.94. The lowest BCUT2D eigenvalue weighted by atomic mass is 10.2. The molecular formula is C21H19F3N6O4S. The number of carboxylic acids is 1. The minimum Gasteiger partial charge on any atom is -0.475 e. The van der Waals surface area contributed by atoms with Crippen molar-refractivity contribution in [3.05, 3.63) is 63.9 Å². The summed E-state index contributed by atoms with van der Waals surface area (Å²) < 4.78 is 31.7. The predicted octanol–water partition coefficient (Wildman–Crippen LogP) is 2.76. The number of nitrogens with one attached hydrogen (secondary N) is 1. The standard InChI is InChI=1S/C19H18N6O2S.C2HF3O2/c1-12-9-22-15(11-21-12)19(27)25-7-4-14-16(5-8-25)28-18(24-14)17(26)23-13-3-2-6-20-10-13;3-2(4,5)1(6)7/h2-3,6,9-11H,4-5,7-8H2,1H3,(H,23,26);(H,6,7). The summed E-state index contributed by atoms with van der Waals surface area (Å²) in [5.74, 6) is -3.13. The van der Waals surface area contributed by atoms with Crippen LogP contribution in [0.2, 0.25) is 0 Å². The highest BCUT2D eigenvalue weighted by Crippen LogP contribution is 2.24. The monoisotopic (exact) mass is 508 g/mol. The predicted molar refractivity (Wildman–Crippen MR) is 118 cm³/mol. The van der Waals surface area contributed by atoms with Crippen molar-refractivity contribution in [2.24, 2.45) is 0 Å². The first-order valence-corrected chi connectivity index (χ1v) is 10.9. The number of pyridine rings is 1. The van der Waals surface area contributed by atoms with Crippen LogP contribution in [0.15, 0.2) is 36.9 Å². The number of alkyl halides is 3. The third-order valence-electron chi connectivity index (χ3n) is 4.65. The van der Waals surface area contributed by atoms with E-state index in [2.05, 4.69) is 25.3 Å². The molecule has 0 saturated heterocycles. The molecule has 10 nitrogen and oxygen atoms in total. The summed E-state index contributed by atoms with van der Waals surface area (Å²) in [6.07, 6.45) is 2.54. The Morgan fingerprint density at radius 3 is 2.43 bits per heavy atom. The molecule has 0 aromatic carbocycles. The van der Waals surface area contributed by atoms with Crippen LogP contribution in [0.25, 0.3) is 0 Å². The molecule has 1 aliphatic rings. The van der Waals surface area contributed by atoms with Crippen LogP contribution in [-0.4, -0.2) is 67.0 Å². The molecule has 3 aromatic heterocycles. The van der Waals surface area contributed by atoms with Crippen LogP contribution in [0, 0.1) is 6.92 Å². The van der Waals surface area contributed by atoms with Crippen molar-refractivity contribution in [1.29, 1.82) is 0 Å². The zero-order chi connectivity index (χ0) is 25.6. The van der Waals surface area contributed by atoms with E-state index >= 15 is 0 Å². The number of amides is 2. The number of hydrogen-bond acceptors (Lipinski definition) is 8. The van der Waals surface area contributed by atoms with E-state index in [1.54, 1.807) is 35.6 Å². The molecule has 0 radical (unpaired) electrons. The number of aliphatic carboxylic acids is 1. The first-order valence-electron chi connectivity index (χ1n) is 10.1. The van der Waals surface area contributed by atoms with Crippen molar-refractivity contribution in [3.63, 3.8) is 0 Å². The summed E-state index contributed by atoms with van der Waals surface area (Å²) in [6.45, 7) is 2.93. The summed E-state index contributed by atoms with van der Waals surface area (Å²) in [5.41, 5.74) is 2.64. The fourth-order valence-corrected chi connectivity index (χ4v) is 3.94. The van der Waals surface area contributed by atoms with Gasteiger partial charge in [-0.1, -0.05) is 0 Å². The van der Waals surface area contributed by atoms with Gasteiger partial charge in [-0.2, -0.15) is 13.2 Å². The maximum absolute atomic E-state index is 12.7. The molecule has 0 aliphatic carbocycles. The topological polar surface area (TPSA) is 138 Å². The maximum atomic E-state index is 12.7. The van der Waals surface area contributed by atoms with Gasteiger partial charge >= 0.3 is 12.1 Å². The van der Waals surface area contributed by atoms with E-state index in [1.807, 2.05) is 6.92 Å². The quantitative estimate of drug-likeness (QED) is 0.551. The van der Waals surface area contributed by atoms with Gasteiger partial charge in [0.25, 0.3) is 11.8 Å². The minimum atomic E-state index is -5.08. The highest BCUT2D eigenvalue weighted by molar-refractivity contribution is 7.13. The number of thiazole rings is 1. The Kier molecular flexibility index (Phi) is 8.06. The average molecular weight is 508 g/mol. The molecular weight excluding hydrogens is 489 g/mol. The molecule has 184 valence electrons. The third kappa shape index (κ3) is 7.02. The highest BCUT2D eigenvalue weighted by Gasteiger charge is 2.38. The van der Waals surface area contributed by atoms with Gasteiger partial charge in [0.15, 0.2) is 5.01 Å². The number of fused-ring (bicyclic) bond motifs is 1. The van der Waals surface area contributed by atoms with E-state index in [0.29, 0.717) is 42.3 Å². The second-order valence-corrected chi connectivity index (χ2v) is 8.31. The van der Waals surface area contributed by atoms with Crippen LogP contribution in [0.5, 0.6) is 0 Å². The zero-order valence-corrected chi connectivity index (χ0v) is 19.1. The third-order valence-corrected chi connectivity index (χ3v) is 5.81. The Balaban J connectivity index is 0.000000429. The van der Waals surface area contributed by atoms with Crippen molar-refractivity contribution >= 4 is 34.8 Å². The molecule has 4 heterocycles. The van der Waals surface area contributed by atoms with Crippen LogP contribution in [0.3, 0.4) is 0 Å². The molecule has 0 spiro atoms. The minimum absolute atomic E-state index is 0.128. The first kappa shape index (κ1) is 25.7. The molecule has 0 saturated carbocycles. The maximum Gasteiger partial charge on any atom is 0.490 e. The van der Waals surface area contributed by atoms with Crippen molar-refractivity contribution in [3.8, 4) is 0 Å². The molecule has 3 aromatic rings. The van der Waals surface area contributed by atoms with E-state index in [1.165, 1.54) is 17.5 Å². The fraction of sp³-hybridized carbons (Fsp3) is 0.286. The number of carboxylic acid groups (broad SMARTS) is 1. The Labute approximate surface area is 200 Å². The second kappa shape index (κ2) is 11.0. The number of anilines is 1. The molecule has 0 unspecified atom stereocenters. The highest BCUT2D eigenvalue weighted by atomic mass is 32.1. The first-order chi connectivity index (χ1) is 16.5. The molecule has 2 N–H and O–H groups in total. The normalized spacial score (nSPS) is 13.1.